The average Bonchev–Trinajstić information content (AvgIpc) is 0. The smallest absolute Gasteiger partial charge is 0 e. The molecule has 0 aliphatic rings. The van der Waals surface area contributed by atoms with Crippen molar-refractivity contribution in [3.05, 3.63) is 0 Å². The van der Waals surface area contributed by atoms with E-state index in [0.717, 1.165) is 0 Å². The fraction of sp³-hybridized carbons (Fsp3) is 0. The molecule has 0 aromatic rings. The molecule has 0 rings (SSSR count). The van der Waals surface area contributed by atoms with Crippen molar-refractivity contribution in [1.29, 1.82) is 0 Å². The van der Waals surface area contributed by atoms with Gasteiger partial charge in [0.2, 0.25) is 0 Å². The van der Waals surface area contributed by atoms with Crippen LogP contribution in [0.1, 0.15) is 0 Å². The van der Waals surface area contributed by atoms with Crippen molar-refractivity contribution in [3.63, 3.8) is 0 Å². The van der Waals surface area contributed by atoms with Gasteiger partial charge in [0.25, 0.3) is 0 Å². The van der Waals surface area contributed by atoms with Crippen LogP contribution < -0.4 is 0 Å². The molecule has 0 aliphatic carbocycles. The van der Waals surface area contributed by atoms with Crippen molar-refractivity contribution in [2.24, 2.45) is 0 Å². The molecule has 4 heavy (non-hydrogen) atoms. The van der Waals surface area contributed by atoms with E-state index in [2.05, 4.69) is 0 Å². The standard InChI is InChI=1S/Mn.Se.Te.Zn. The van der Waals surface area contributed by atoms with Gasteiger partial charge in [-0.25, -0.2) is 0 Å². The summed E-state index contributed by atoms with van der Waals surface area (Å²) in [4.78, 5) is 0. The summed E-state index contributed by atoms with van der Waals surface area (Å²) in [5.41, 5.74) is 0. The Bertz CT molecular complexity index is 8.00. The second kappa shape index (κ2) is 18.0. The van der Waals surface area contributed by atoms with Crippen LogP contribution >= 0.6 is 0 Å². The molecule has 0 saturated heterocycles. The van der Waals surface area contributed by atoms with Crippen LogP contribution in [0.2, 0.25) is 0 Å². The first-order valence-corrected chi connectivity index (χ1v) is 0. The molecule has 0 unspecified atom stereocenters. The Morgan fingerprint density at radius 2 is 1.00 bits per heavy atom. The minimum absolute atomic E-state index is 0. The van der Waals surface area contributed by atoms with Crippen molar-refractivity contribution >= 4 is 40.7 Å². The third-order valence-electron chi connectivity index (χ3n) is 0. The van der Waals surface area contributed by atoms with Gasteiger partial charge in [-0.1, -0.05) is 0 Å². The summed E-state index contributed by atoms with van der Waals surface area (Å²) in [5.74, 6) is 0. The van der Waals surface area contributed by atoms with Gasteiger partial charge >= 0.3 is 0 Å². The van der Waals surface area contributed by atoms with Gasteiger partial charge in [0.1, 0.15) is 0 Å². The van der Waals surface area contributed by atoms with Crippen molar-refractivity contribution in [2.75, 3.05) is 0 Å². The molecule has 0 heterocycles. The van der Waals surface area contributed by atoms with Crippen LogP contribution in [0.15, 0.2) is 0 Å². The Kier molecular flexibility index (Phi) is 143. The molecule has 0 saturated carbocycles. The zero-order valence-corrected chi connectivity index (χ0v) is 10.1. The van der Waals surface area contributed by atoms with E-state index < -0.39 is 0 Å². The third kappa shape index (κ3) is 8.82. The van der Waals surface area contributed by atoms with Gasteiger partial charge in [-0.2, -0.15) is 0 Å². The Hall–Kier alpha value is 2.45. The van der Waals surface area contributed by atoms with Crippen LogP contribution in [-0.2, 0) is 36.5 Å². The van der Waals surface area contributed by atoms with E-state index in [4.69, 9.17) is 0 Å². The molecule has 4 heteroatoms. The van der Waals surface area contributed by atoms with Crippen LogP contribution in [-0.4, -0.2) is 40.7 Å². The van der Waals surface area contributed by atoms with E-state index in [1.54, 1.807) is 0 Å². The Morgan fingerprint density at radius 3 is 1.00 bits per heavy atom. The maximum absolute atomic E-state index is 0. The Labute approximate surface area is 76.3 Å². The number of hydrogen-bond donors (Lipinski definition) is 0. The molecule has 0 aromatic carbocycles. The summed E-state index contributed by atoms with van der Waals surface area (Å²) < 4.78 is 0. The molecule has 0 N–H and O–H groups in total. The average molecular weight is 327 g/mol. The Morgan fingerprint density at radius 1 is 1.00 bits per heavy atom. The first-order chi connectivity index (χ1) is 0. The van der Waals surface area contributed by atoms with Gasteiger partial charge in [0.05, 0.1) is 0 Å². The zero-order chi connectivity index (χ0) is 0. The summed E-state index contributed by atoms with van der Waals surface area (Å²) in [6.07, 6.45) is 0. The Balaban J connectivity index is 0. The monoisotopic (exact) mass is 329 g/mol. The van der Waals surface area contributed by atoms with E-state index in [-0.39, 0.29) is 77.3 Å². The third-order valence-corrected chi connectivity index (χ3v) is 0. The maximum Gasteiger partial charge on any atom is 0 e. The van der Waals surface area contributed by atoms with Gasteiger partial charge in [-0.3, -0.25) is 0 Å². The molecule has 0 atom stereocenters. The molecule has 5 radical (unpaired) electrons. The first kappa shape index (κ1) is 31.9. The van der Waals surface area contributed by atoms with Gasteiger partial charge in [-0.15, -0.1) is 0 Å². The first-order valence-electron chi connectivity index (χ1n) is 0. The van der Waals surface area contributed by atoms with Crippen LogP contribution in [0.4, 0.5) is 0 Å². The predicted molar refractivity (Wildman–Crippen MR) is 11.5 cm³/mol. The minimum Gasteiger partial charge on any atom is 0 e. The van der Waals surface area contributed by atoms with Crippen molar-refractivity contribution in [2.45, 2.75) is 0 Å². The number of hydrogen-bond acceptors (Lipinski definition) is 0. The molecule has 0 aliphatic heterocycles. The van der Waals surface area contributed by atoms with Crippen LogP contribution in [0.25, 0.3) is 0 Å². The van der Waals surface area contributed by atoms with E-state index in [0.29, 0.717) is 0 Å². The SMILES string of the molecule is [Mn].[Se].[Te].[Zn]. The second-order valence-electron chi connectivity index (χ2n) is 0. The molecule has 21 valence electrons. The molecule has 0 fully saturated rings. The van der Waals surface area contributed by atoms with Gasteiger partial charge in [-0.05, 0) is 0 Å². The molecule has 0 aromatic heterocycles. The second-order valence-corrected chi connectivity index (χ2v) is 0. The van der Waals surface area contributed by atoms with Gasteiger partial charge in [0, 0.05) is 77.3 Å². The van der Waals surface area contributed by atoms with E-state index in [1.165, 1.54) is 0 Å². The summed E-state index contributed by atoms with van der Waals surface area (Å²) in [5, 5.41) is 0. The summed E-state index contributed by atoms with van der Waals surface area (Å²) in [7, 11) is 0. The summed E-state index contributed by atoms with van der Waals surface area (Å²) in [6, 6.07) is 0. The number of rotatable bonds is 0. The van der Waals surface area contributed by atoms with Gasteiger partial charge < -0.3 is 0 Å². The predicted octanol–water partition coefficient (Wildman–Crippen LogP) is -0.767. The van der Waals surface area contributed by atoms with Crippen molar-refractivity contribution in [1.82, 2.24) is 0 Å². The van der Waals surface area contributed by atoms with E-state index >= 15 is 0 Å². The molecular weight excluding hydrogens is 327 g/mol. The topological polar surface area (TPSA) is 0 Å². The van der Waals surface area contributed by atoms with Crippen molar-refractivity contribution in [3.8, 4) is 0 Å². The van der Waals surface area contributed by atoms with E-state index in [1.807, 2.05) is 0 Å². The fourth-order valence-corrected chi connectivity index (χ4v) is 0. The largest absolute Gasteiger partial charge is 0 e. The molecule has 0 nitrogen and oxygen atoms in total. The van der Waals surface area contributed by atoms with Crippen LogP contribution in [0, 0.1) is 0 Å². The quantitative estimate of drug-likeness (QED) is 0.513. The molecule has 0 spiro atoms. The normalized spacial score (nSPS) is 0. The van der Waals surface area contributed by atoms with Crippen molar-refractivity contribution < 1.29 is 36.5 Å². The maximum atomic E-state index is 0. The molecule has 0 amide bonds. The van der Waals surface area contributed by atoms with Crippen LogP contribution in [0.3, 0.4) is 0 Å². The summed E-state index contributed by atoms with van der Waals surface area (Å²) in [6.45, 7) is 0. The summed E-state index contributed by atoms with van der Waals surface area (Å²) >= 11 is 0. The van der Waals surface area contributed by atoms with Gasteiger partial charge in [0.15, 0.2) is 0 Å². The van der Waals surface area contributed by atoms with E-state index in [9.17, 15) is 0 Å². The zero-order valence-electron chi connectivity index (χ0n) is 1.90. The molecule has 0 bridgehead atoms. The minimum atomic E-state index is 0. The molecular formula is MnSeTeZn. The fourth-order valence-electron chi connectivity index (χ4n) is 0. The van der Waals surface area contributed by atoms with Crippen LogP contribution in [0.5, 0.6) is 0 Å².